The lowest BCUT2D eigenvalue weighted by Gasteiger charge is -2.48. The van der Waals surface area contributed by atoms with Gasteiger partial charge in [0.2, 0.25) is 0 Å². The molecule has 0 saturated heterocycles. The average molecular weight is 457 g/mol. The van der Waals surface area contributed by atoms with Crippen LogP contribution in [0.5, 0.6) is 0 Å². The van der Waals surface area contributed by atoms with Gasteiger partial charge in [-0.25, -0.2) is 0 Å². The van der Waals surface area contributed by atoms with E-state index in [2.05, 4.69) is 68.0 Å². The molecule has 0 radical (unpaired) electrons. The van der Waals surface area contributed by atoms with Gasteiger partial charge >= 0.3 is 0 Å². The van der Waals surface area contributed by atoms with E-state index in [0.717, 1.165) is 11.8 Å². The van der Waals surface area contributed by atoms with Crippen LogP contribution in [-0.4, -0.2) is 22.4 Å². The highest BCUT2D eigenvalue weighted by Gasteiger charge is 2.53. The van der Waals surface area contributed by atoms with Gasteiger partial charge < -0.3 is 10.2 Å². The van der Waals surface area contributed by atoms with Crippen molar-refractivity contribution in [2.24, 2.45) is 34.0 Å². The molecule has 188 valence electrons. The third-order valence-corrected chi connectivity index (χ3v) is 10.0. The molecule has 0 aromatic carbocycles. The first kappa shape index (κ1) is 26.7. The van der Waals surface area contributed by atoms with Crippen LogP contribution in [0.15, 0.2) is 34.9 Å². The van der Waals surface area contributed by atoms with Gasteiger partial charge in [0, 0.05) is 0 Å². The summed E-state index contributed by atoms with van der Waals surface area (Å²) in [5.74, 6) is 2.19. The molecule has 0 aliphatic heterocycles. The van der Waals surface area contributed by atoms with Crippen LogP contribution >= 0.6 is 0 Å². The predicted molar refractivity (Wildman–Crippen MR) is 141 cm³/mol. The van der Waals surface area contributed by atoms with E-state index in [0.29, 0.717) is 40.6 Å². The maximum absolute atomic E-state index is 10.3. The number of fused-ring (bicyclic) bond motifs is 1. The Kier molecular flexibility index (Phi) is 7.82. The van der Waals surface area contributed by atoms with Gasteiger partial charge in [-0.3, -0.25) is 0 Å². The highest BCUT2D eigenvalue weighted by molar-refractivity contribution is 5.35. The summed E-state index contributed by atoms with van der Waals surface area (Å²) in [6.45, 7) is 23.4. The van der Waals surface area contributed by atoms with Gasteiger partial charge in [0.1, 0.15) is 0 Å². The Balaban J connectivity index is 1.81. The van der Waals surface area contributed by atoms with Gasteiger partial charge in [-0.2, -0.15) is 0 Å². The second-order valence-electron chi connectivity index (χ2n) is 14.0. The lowest BCUT2D eigenvalue weighted by molar-refractivity contribution is 0.0324. The van der Waals surface area contributed by atoms with Gasteiger partial charge in [0.25, 0.3) is 0 Å². The Hall–Kier alpha value is -0.860. The van der Waals surface area contributed by atoms with E-state index >= 15 is 0 Å². The van der Waals surface area contributed by atoms with E-state index in [1.54, 1.807) is 5.57 Å². The summed E-state index contributed by atoms with van der Waals surface area (Å²) >= 11 is 0. The van der Waals surface area contributed by atoms with Crippen molar-refractivity contribution in [2.45, 2.75) is 125 Å². The van der Waals surface area contributed by atoms with Crippen molar-refractivity contribution >= 4 is 0 Å². The summed E-state index contributed by atoms with van der Waals surface area (Å²) in [5.41, 5.74) is 5.96. The molecule has 3 rings (SSSR count). The highest BCUT2D eigenvalue weighted by Crippen LogP contribution is 2.62. The summed E-state index contributed by atoms with van der Waals surface area (Å²) in [6.07, 6.45) is 11.4. The number of hydrogen-bond donors (Lipinski definition) is 2. The van der Waals surface area contributed by atoms with Crippen LogP contribution in [0.1, 0.15) is 113 Å². The molecule has 0 aromatic rings. The smallest absolute Gasteiger partial charge is 0.0809 e. The van der Waals surface area contributed by atoms with Crippen LogP contribution in [0.4, 0.5) is 0 Å². The van der Waals surface area contributed by atoms with Crippen molar-refractivity contribution in [2.75, 3.05) is 0 Å². The molecule has 3 aliphatic carbocycles. The quantitative estimate of drug-likeness (QED) is 0.411. The third-order valence-electron chi connectivity index (χ3n) is 10.0. The van der Waals surface area contributed by atoms with Crippen molar-refractivity contribution < 1.29 is 10.2 Å². The van der Waals surface area contributed by atoms with E-state index in [1.165, 1.54) is 56.1 Å². The number of rotatable bonds is 5. The molecular formula is C31H52O2. The minimum atomic E-state index is -0.610. The standard InChI is InChI=1S/C31H52O2/c1-20(17-23-18-27(32)21(2)28(33)19-23)24-11-10-14-31(9)25(12-13-26(24)31)22(3)30(7,8)16-15-29(4,5)6/h17,22,25-28,32-33H,2,10-16,18-19H2,1,3-9H3/b24-20+/t22-,25-,26?,27-,28-,31-/m1/s1. The zero-order valence-electron chi connectivity index (χ0n) is 22.9. The van der Waals surface area contributed by atoms with Crippen LogP contribution in [0.2, 0.25) is 0 Å². The van der Waals surface area contributed by atoms with Crippen molar-refractivity contribution in [3.05, 3.63) is 34.9 Å². The second-order valence-corrected chi connectivity index (χ2v) is 14.0. The molecule has 0 spiro atoms. The molecule has 6 atom stereocenters. The highest BCUT2D eigenvalue weighted by atomic mass is 16.3. The van der Waals surface area contributed by atoms with Crippen LogP contribution in [0.3, 0.4) is 0 Å². The van der Waals surface area contributed by atoms with Gasteiger partial charge in [-0.15, -0.1) is 0 Å². The zero-order valence-corrected chi connectivity index (χ0v) is 22.9. The fourth-order valence-corrected chi connectivity index (χ4v) is 7.37. The van der Waals surface area contributed by atoms with E-state index in [9.17, 15) is 10.2 Å². The topological polar surface area (TPSA) is 40.5 Å². The molecule has 3 saturated carbocycles. The first-order valence-corrected chi connectivity index (χ1v) is 13.6. The van der Waals surface area contributed by atoms with Crippen molar-refractivity contribution in [3.63, 3.8) is 0 Å². The summed E-state index contributed by atoms with van der Waals surface area (Å²) in [5, 5.41) is 20.6. The predicted octanol–water partition coefficient (Wildman–Crippen LogP) is 8.01. The minimum absolute atomic E-state index is 0.366. The molecule has 33 heavy (non-hydrogen) atoms. The number of aliphatic hydroxyl groups is 2. The van der Waals surface area contributed by atoms with E-state index in [4.69, 9.17) is 0 Å². The van der Waals surface area contributed by atoms with Gasteiger partial charge in [-0.1, -0.05) is 77.8 Å². The number of hydrogen-bond acceptors (Lipinski definition) is 2. The lowest BCUT2D eigenvalue weighted by Crippen LogP contribution is -2.40. The Bertz CT molecular complexity index is 776. The van der Waals surface area contributed by atoms with Crippen molar-refractivity contribution in [1.82, 2.24) is 0 Å². The maximum atomic E-state index is 10.3. The fourth-order valence-electron chi connectivity index (χ4n) is 7.37. The molecule has 0 heterocycles. The SMILES string of the molecule is C=C1[C@H](O)CC(=C/C(C)=C2\CCC[C@@]3(C)C2CC[C@@H]3[C@@H](C)C(C)(C)CCC(C)(C)C)C[C@H]1O. The molecule has 2 N–H and O–H groups in total. The van der Waals surface area contributed by atoms with E-state index in [-0.39, 0.29) is 0 Å². The van der Waals surface area contributed by atoms with Crippen LogP contribution in [0.25, 0.3) is 0 Å². The van der Waals surface area contributed by atoms with Gasteiger partial charge in [0.15, 0.2) is 0 Å². The summed E-state index contributed by atoms with van der Waals surface area (Å²) in [4.78, 5) is 0. The van der Waals surface area contributed by atoms with Crippen molar-refractivity contribution in [3.8, 4) is 0 Å². The van der Waals surface area contributed by atoms with E-state index in [1.807, 2.05) is 0 Å². The molecule has 3 aliphatic rings. The Morgan fingerprint density at radius 1 is 1.09 bits per heavy atom. The number of aliphatic hydroxyl groups excluding tert-OH is 2. The Labute approximate surface area is 204 Å². The summed E-state index contributed by atoms with van der Waals surface area (Å²) < 4.78 is 0. The molecule has 2 nitrogen and oxygen atoms in total. The Morgan fingerprint density at radius 3 is 2.27 bits per heavy atom. The van der Waals surface area contributed by atoms with E-state index < -0.39 is 12.2 Å². The average Bonchev–Trinajstić information content (AvgIpc) is 3.06. The maximum Gasteiger partial charge on any atom is 0.0809 e. The lowest BCUT2D eigenvalue weighted by atomic mass is 9.56. The normalized spacial score (nSPS) is 35.9. The van der Waals surface area contributed by atoms with Crippen molar-refractivity contribution in [1.29, 1.82) is 0 Å². The van der Waals surface area contributed by atoms with Crippen LogP contribution < -0.4 is 0 Å². The summed E-state index contributed by atoms with van der Waals surface area (Å²) in [6, 6.07) is 0. The van der Waals surface area contributed by atoms with Gasteiger partial charge in [-0.05, 0) is 104 Å². The minimum Gasteiger partial charge on any atom is -0.388 e. The zero-order chi connectivity index (χ0) is 24.8. The molecule has 0 bridgehead atoms. The molecule has 3 fully saturated rings. The molecular weight excluding hydrogens is 404 g/mol. The van der Waals surface area contributed by atoms with Crippen LogP contribution in [-0.2, 0) is 0 Å². The fraction of sp³-hybridized carbons (Fsp3) is 0.806. The second kappa shape index (κ2) is 9.65. The Morgan fingerprint density at radius 2 is 1.70 bits per heavy atom. The molecule has 0 amide bonds. The monoisotopic (exact) mass is 456 g/mol. The number of allylic oxidation sites excluding steroid dienone is 3. The van der Waals surface area contributed by atoms with Crippen LogP contribution in [0, 0.1) is 34.0 Å². The third kappa shape index (κ3) is 5.69. The molecule has 0 aromatic heterocycles. The largest absolute Gasteiger partial charge is 0.388 e. The van der Waals surface area contributed by atoms with Gasteiger partial charge in [0.05, 0.1) is 12.2 Å². The first-order valence-electron chi connectivity index (χ1n) is 13.6. The first-order chi connectivity index (χ1) is 15.2. The molecule has 2 heteroatoms. The summed E-state index contributed by atoms with van der Waals surface area (Å²) in [7, 11) is 0. The molecule has 1 unspecified atom stereocenters.